The first-order valence-electron chi connectivity index (χ1n) is 4.76. The molecule has 15 heavy (non-hydrogen) atoms. The molecule has 0 amide bonds. The molecule has 0 aromatic heterocycles. The van der Waals surface area contributed by atoms with Crippen LogP contribution in [-0.2, 0) is 0 Å². The number of rotatable bonds is 1. The van der Waals surface area contributed by atoms with Crippen molar-refractivity contribution in [3.05, 3.63) is 48.0 Å². The zero-order valence-corrected chi connectivity index (χ0v) is 8.44. The molecule has 0 heterocycles. The maximum atomic E-state index is 9.68. The second kappa shape index (κ2) is 3.65. The van der Waals surface area contributed by atoms with E-state index in [1.165, 1.54) is 6.07 Å². The maximum Gasteiger partial charge on any atom is 0.127 e. The van der Waals surface area contributed by atoms with Crippen LogP contribution in [0.25, 0.3) is 11.1 Å². The van der Waals surface area contributed by atoms with E-state index >= 15 is 0 Å². The summed E-state index contributed by atoms with van der Waals surface area (Å²) >= 11 is 0. The molecule has 2 nitrogen and oxygen atoms in total. The monoisotopic (exact) mass is 200 g/mol. The summed E-state index contributed by atoms with van der Waals surface area (Å²) in [6, 6.07) is 12.5. The number of hydrogen-bond acceptors (Lipinski definition) is 2. The van der Waals surface area contributed by atoms with Crippen LogP contribution in [0.2, 0.25) is 0 Å². The third-order valence-corrected chi connectivity index (χ3v) is 2.31. The van der Waals surface area contributed by atoms with Crippen molar-refractivity contribution in [1.82, 2.24) is 0 Å². The van der Waals surface area contributed by atoms with E-state index in [1.807, 2.05) is 31.2 Å². The normalized spacial score (nSPS) is 10.2. The lowest BCUT2D eigenvalue weighted by Crippen LogP contribution is -1.80. The summed E-state index contributed by atoms with van der Waals surface area (Å²) in [6.07, 6.45) is 0. The van der Waals surface area contributed by atoms with Gasteiger partial charge in [-0.15, -0.1) is 0 Å². The molecular weight excluding hydrogens is 188 g/mol. The van der Waals surface area contributed by atoms with Gasteiger partial charge in [-0.2, -0.15) is 0 Å². The molecule has 2 N–H and O–H groups in total. The Morgan fingerprint density at radius 3 is 2.40 bits per heavy atom. The van der Waals surface area contributed by atoms with Crippen LogP contribution in [-0.4, -0.2) is 10.2 Å². The van der Waals surface area contributed by atoms with E-state index in [1.54, 1.807) is 12.1 Å². The number of benzene rings is 2. The summed E-state index contributed by atoms with van der Waals surface area (Å²) in [5, 5.41) is 18.9. The molecule has 0 unspecified atom stereocenters. The predicted octanol–water partition coefficient (Wildman–Crippen LogP) is 3.07. The molecule has 2 aromatic carbocycles. The van der Waals surface area contributed by atoms with E-state index in [0.717, 1.165) is 16.7 Å². The second-order valence-corrected chi connectivity index (χ2v) is 3.57. The fourth-order valence-electron chi connectivity index (χ4n) is 1.58. The summed E-state index contributed by atoms with van der Waals surface area (Å²) in [5.41, 5.74) is 2.82. The molecule has 0 aliphatic rings. The molecule has 0 aliphatic heterocycles. The molecule has 0 saturated heterocycles. The zero-order chi connectivity index (χ0) is 10.8. The molecule has 0 radical (unpaired) electrons. The van der Waals surface area contributed by atoms with Gasteiger partial charge < -0.3 is 10.2 Å². The summed E-state index contributed by atoms with van der Waals surface area (Å²) in [5.74, 6) is 0.171. The standard InChI is InChI=1S/C13H12O2/c1-9-3-2-4-10(7-9)12-6-5-11(14)8-13(12)15/h2-8,14-15H,1H3. The van der Waals surface area contributed by atoms with Gasteiger partial charge in [-0.1, -0.05) is 29.8 Å². The molecule has 2 aromatic rings. The molecule has 2 heteroatoms. The highest BCUT2D eigenvalue weighted by Crippen LogP contribution is 2.32. The minimum absolute atomic E-state index is 0.0731. The largest absolute Gasteiger partial charge is 0.508 e. The highest BCUT2D eigenvalue weighted by Gasteiger charge is 2.04. The van der Waals surface area contributed by atoms with Gasteiger partial charge in [-0.3, -0.25) is 0 Å². The van der Waals surface area contributed by atoms with Crippen LogP contribution in [0, 0.1) is 6.92 Å². The number of hydrogen-bond donors (Lipinski definition) is 2. The molecule has 2 rings (SSSR count). The van der Waals surface area contributed by atoms with Gasteiger partial charge in [0.05, 0.1) is 0 Å². The molecule has 0 spiro atoms. The lowest BCUT2D eigenvalue weighted by atomic mass is 10.0. The number of phenols is 2. The lowest BCUT2D eigenvalue weighted by Gasteiger charge is -2.05. The Kier molecular flexibility index (Phi) is 2.34. The van der Waals surface area contributed by atoms with Crippen molar-refractivity contribution in [3.8, 4) is 22.6 Å². The second-order valence-electron chi connectivity index (χ2n) is 3.57. The van der Waals surface area contributed by atoms with E-state index in [0.29, 0.717) is 0 Å². The van der Waals surface area contributed by atoms with Gasteiger partial charge in [0.2, 0.25) is 0 Å². The summed E-state index contributed by atoms with van der Waals surface area (Å²) in [6.45, 7) is 2.00. The summed E-state index contributed by atoms with van der Waals surface area (Å²) in [7, 11) is 0. The third-order valence-electron chi connectivity index (χ3n) is 2.31. The van der Waals surface area contributed by atoms with Crippen LogP contribution in [0.3, 0.4) is 0 Å². The topological polar surface area (TPSA) is 40.5 Å². The highest BCUT2D eigenvalue weighted by molar-refractivity contribution is 5.71. The SMILES string of the molecule is Cc1cccc(-c2ccc(O)cc2O)c1. The van der Waals surface area contributed by atoms with Crippen molar-refractivity contribution < 1.29 is 10.2 Å². The minimum atomic E-state index is 0.0731. The Bertz CT molecular complexity index is 490. The average molecular weight is 200 g/mol. The predicted molar refractivity (Wildman–Crippen MR) is 59.9 cm³/mol. The first-order valence-corrected chi connectivity index (χ1v) is 4.76. The van der Waals surface area contributed by atoms with Gasteiger partial charge in [-0.25, -0.2) is 0 Å². The van der Waals surface area contributed by atoms with Crippen LogP contribution in [0.1, 0.15) is 5.56 Å². The Hall–Kier alpha value is -1.96. The van der Waals surface area contributed by atoms with E-state index < -0.39 is 0 Å². The molecule has 0 saturated carbocycles. The summed E-state index contributed by atoms with van der Waals surface area (Å²) in [4.78, 5) is 0. The Morgan fingerprint density at radius 2 is 1.73 bits per heavy atom. The molecule has 0 atom stereocenters. The van der Waals surface area contributed by atoms with Gasteiger partial charge in [-0.05, 0) is 24.6 Å². The highest BCUT2D eigenvalue weighted by atomic mass is 16.3. The number of aryl methyl sites for hydroxylation is 1. The zero-order valence-electron chi connectivity index (χ0n) is 8.44. The first kappa shape index (κ1) is 9.59. The van der Waals surface area contributed by atoms with E-state index in [9.17, 15) is 10.2 Å². The average Bonchev–Trinajstić information content (AvgIpc) is 2.17. The summed E-state index contributed by atoms with van der Waals surface area (Å²) < 4.78 is 0. The van der Waals surface area contributed by atoms with Crippen molar-refractivity contribution in [2.75, 3.05) is 0 Å². The van der Waals surface area contributed by atoms with Crippen LogP contribution in [0.5, 0.6) is 11.5 Å². The fourth-order valence-corrected chi connectivity index (χ4v) is 1.58. The van der Waals surface area contributed by atoms with Crippen LogP contribution in [0.4, 0.5) is 0 Å². The molecular formula is C13H12O2. The molecule has 0 fully saturated rings. The van der Waals surface area contributed by atoms with E-state index in [-0.39, 0.29) is 11.5 Å². The van der Waals surface area contributed by atoms with Gasteiger partial charge >= 0.3 is 0 Å². The number of aromatic hydroxyl groups is 2. The van der Waals surface area contributed by atoms with Crippen molar-refractivity contribution >= 4 is 0 Å². The Morgan fingerprint density at radius 1 is 0.933 bits per heavy atom. The van der Waals surface area contributed by atoms with Crippen molar-refractivity contribution in [3.63, 3.8) is 0 Å². The lowest BCUT2D eigenvalue weighted by molar-refractivity contribution is 0.452. The van der Waals surface area contributed by atoms with E-state index in [2.05, 4.69) is 0 Å². The fraction of sp³-hybridized carbons (Fsp3) is 0.0769. The van der Waals surface area contributed by atoms with Crippen molar-refractivity contribution in [1.29, 1.82) is 0 Å². The Balaban J connectivity index is 2.54. The molecule has 0 bridgehead atoms. The third kappa shape index (κ3) is 1.94. The van der Waals surface area contributed by atoms with Crippen molar-refractivity contribution in [2.45, 2.75) is 6.92 Å². The molecule has 76 valence electrons. The van der Waals surface area contributed by atoms with Gasteiger partial charge in [0.1, 0.15) is 11.5 Å². The van der Waals surface area contributed by atoms with Crippen LogP contribution < -0.4 is 0 Å². The van der Waals surface area contributed by atoms with Crippen LogP contribution in [0.15, 0.2) is 42.5 Å². The molecule has 0 aliphatic carbocycles. The van der Waals surface area contributed by atoms with E-state index in [4.69, 9.17) is 0 Å². The van der Waals surface area contributed by atoms with Gasteiger partial charge in [0.25, 0.3) is 0 Å². The smallest absolute Gasteiger partial charge is 0.127 e. The quantitative estimate of drug-likeness (QED) is 0.742. The van der Waals surface area contributed by atoms with Crippen molar-refractivity contribution in [2.24, 2.45) is 0 Å². The first-order chi connectivity index (χ1) is 7.16. The van der Waals surface area contributed by atoms with Crippen LogP contribution >= 0.6 is 0 Å². The van der Waals surface area contributed by atoms with Gasteiger partial charge in [0, 0.05) is 11.6 Å². The van der Waals surface area contributed by atoms with Gasteiger partial charge in [0.15, 0.2) is 0 Å². The minimum Gasteiger partial charge on any atom is -0.508 e. The number of phenolic OH excluding ortho intramolecular Hbond substituents is 2. The maximum absolute atomic E-state index is 9.68. The Labute approximate surface area is 88.4 Å².